The first kappa shape index (κ1) is 7.72. The molecule has 7 nitrogen and oxygen atoms in total. The minimum Gasteiger partial charge on any atom is -0.609 e. The zero-order valence-corrected chi connectivity index (χ0v) is 4.59. The molecule has 0 aliphatic rings. The summed E-state index contributed by atoms with van der Waals surface area (Å²) in [6, 6.07) is 0. The molecule has 0 aromatic rings. The van der Waals surface area contributed by atoms with Gasteiger partial charge in [-0.25, -0.2) is 5.17 Å². The van der Waals surface area contributed by atoms with Crippen molar-refractivity contribution in [3.05, 3.63) is 5.21 Å². The molecule has 0 amide bonds. The molecule has 0 saturated carbocycles. The molecule has 0 radical (unpaired) electrons. The lowest BCUT2D eigenvalue weighted by atomic mass is 11.5. The molecule has 0 aromatic carbocycles. The van der Waals surface area contributed by atoms with Gasteiger partial charge < -0.3 is 5.21 Å². The first-order chi connectivity index (χ1) is 3.42. The van der Waals surface area contributed by atoms with Crippen LogP contribution in [-0.4, -0.2) is 12.0 Å². The Morgan fingerprint density at radius 2 is 1.88 bits per heavy atom. The van der Waals surface area contributed by atoms with Gasteiger partial charge in [0.05, 0.1) is 7.05 Å². The Kier molecular flexibility index (Phi) is 2.25. The fourth-order valence-corrected chi connectivity index (χ4v) is 0.273. The summed E-state index contributed by atoms with van der Waals surface area (Å²) in [6.07, 6.45) is 0. The Morgan fingerprint density at radius 1 is 1.50 bits per heavy atom. The van der Waals surface area contributed by atoms with E-state index in [1.54, 1.807) is 0 Å². The Morgan fingerprint density at radius 3 is 1.88 bits per heavy atom. The van der Waals surface area contributed by atoms with Crippen LogP contribution in [0.2, 0.25) is 0 Å². The number of quaternary nitrogens is 2. The highest BCUT2D eigenvalue weighted by Gasteiger charge is 2.10. The fourth-order valence-electron chi connectivity index (χ4n) is 0.273. The molecule has 0 aliphatic heterocycles. The third-order valence-corrected chi connectivity index (χ3v) is 0.351. The summed E-state index contributed by atoms with van der Waals surface area (Å²) in [4.78, 5) is -1.02. The number of nitrogens with zero attached hydrogens (tertiary/aromatic N) is 1. The number of nitrogens with two attached hydrogens (primary N) is 3. The van der Waals surface area contributed by atoms with Crippen molar-refractivity contribution in [1.29, 1.82) is 0 Å². The summed E-state index contributed by atoms with van der Waals surface area (Å²) in [5, 5.41) is 9.72. The van der Waals surface area contributed by atoms with Gasteiger partial charge in [-0.15, -0.1) is 17.5 Å². The van der Waals surface area contributed by atoms with E-state index in [-0.39, 0.29) is 5.17 Å². The normalized spacial score (nSPS) is 16.1. The van der Waals surface area contributed by atoms with Gasteiger partial charge in [0.2, 0.25) is 0 Å². The van der Waals surface area contributed by atoms with Crippen LogP contribution in [0.5, 0.6) is 0 Å². The zero-order chi connectivity index (χ0) is 6.78. The van der Waals surface area contributed by atoms with Crippen molar-refractivity contribution < 1.29 is 10.1 Å². The first-order valence-electron chi connectivity index (χ1n) is 1.95. The monoisotopic (exact) mass is 123 g/mol. The van der Waals surface area contributed by atoms with Crippen LogP contribution in [0.3, 0.4) is 0 Å². The smallest absolute Gasteiger partial charge is 0.0881 e. The van der Waals surface area contributed by atoms with Gasteiger partial charge in [-0.2, -0.15) is 0 Å². The topological polar surface area (TPSA) is 118 Å². The van der Waals surface area contributed by atoms with Gasteiger partial charge in [0.25, 0.3) is 0 Å². The minimum absolute atomic E-state index is 0.377. The summed E-state index contributed by atoms with van der Waals surface area (Å²) in [6.45, 7) is 0. The van der Waals surface area contributed by atoms with E-state index in [1.807, 2.05) is 5.53 Å². The molecule has 1 unspecified atom stereocenters. The molecule has 50 valence electrons. The van der Waals surface area contributed by atoms with Crippen molar-refractivity contribution in [3.63, 3.8) is 0 Å². The fraction of sp³-hybridized carbons (Fsp3) is 1.00. The summed E-state index contributed by atoms with van der Waals surface area (Å²) in [5.74, 6) is 14.7. The largest absolute Gasteiger partial charge is 0.609 e. The Labute approximate surface area is 46.6 Å². The van der Waals surface area contributed by atoms with Crippen molar-refractivity contribution >= 4 is 0 Å². The van der Waals surface area contributed by atoms with Gasteiger partial charge in [0, 0.05) is 10.5 Å². The van der Waals surface area contributed by atoms with Gasteiger partial charge in [-0.3, -0.25) is 0 Å². The van der Waals surface area contributed by atoms with E-state index < -0.39 is 4.92 Å². The van der Waals surface area contributed by atoms with Gasteiger partial charge in [-0.05, 0) is 0 Å². The van der Waals surface area contributed by atoms with Crippen molar-refractivity contribution in [2.45, 2.75) is 0 Å². The summed E-state index contributed by atoms with van der Waals surface area (Å²) in [5.41, 5.74) is 2.01. The lowest BCUT2D eigenvalue weighted by Gasteiger charge is -2.23. The second-order valence-corrected chi connectivity index (χ2v) is 1.50. The van der Waals surface area contributed by atoms with Crippen molar-refractivity contribution in [1.82, 2.24) is 5.53 Å². The summed E-state index contributed by atoms with van der Waals surface area (Å²) < 4.78 is 0. The maximum atomic E-state index is 10.1. The zero-order valence-electron chi connectivity index (χ0n) is 4.59. The maximum absolute atomic E-state index is 10.1. The lowest BCUT2D eigenvalue weighted by Crippen LogP contribution is -3.17. The Hall–Kier alpha value is -0.280. The molecule has 0 rings (SSSR count). The molecular formula is CH11N6O+. The quantitative estimate of drug-likeness (QED) is 0.145. The second kappa shape index (κ2) is 2.33. The Balaban J connectivity index is 3.39. The predicted octanol–water partition coefficient (Wildman–Crippen LogP) is -4.14. The standard InChI is InChI=1S/CH11N6O/c1-6(8)5-7(2,3)4/h5-6H,2-4H2,1H3/q+1. The number of hydrogen-bond donors (Lipinski definition) is 5. The van der Waals surface area contributed by atoms with E-state index in [4.69, 9.17) is 17.5 Å². The SMILES string of the molecule is C[NH+]([O-])N[N+](N)(N)N. The van der Waals surface area contributed by atoms with E-state index in [9.17, 15) is 5.21 Å². The van der Waals surface area contributed by atoms with Gasteiger partial charge in [0.15, 0.2) is 0 Å². The van der Waals surface area contributed by atoms with E-state index in [2.05, 4.69) is 0 Å². The molecule has 8 N–H and O–H groups in total. The average Bonchev–Trinajstić information content (AvgIpc) is 1.21. The molecule has 8 heavy (non-hydrogen) atoms. The first-order valence-corrected chi connectivity index (χ1v) is 1.95. The van der Waals surface area contributed by atoms with Crippen LogP contribution in [0.25, 0.3) is 0 Å². The average molecular weight is 123 g/mol. The van der Waals surface area contributed by atoms with Crippen LogP contribution < -0.4 is 28.2 Å². The van der Waals surface area contributed by atoms with Gasteiger partial charge in [-0.1, -0.05) is 0 Å². The predicted molar refractivity (Wildman–Crippen MR) is 26.2 cm³/mol. The van der Waals surface area contributed by atoms with Crippen LogP contribution >= 0.6 is 0 Å². The van der Waals surface area contributed by atoms with E-state index in [1.165, 1.54) is 7.05 Å². The van der Waals surface area contributed by atoms with Crippen molar-refractivity contribution in [3.8, 4) is 0 Å². The molecule has 0 aromatic heterocycles. The molecule has 7 heteroatoms. The molecule has 1 atom stereocenters. The molecule has 0 bridgehead atoms. The van der Waals surface area contributed by atoms with Crippen molar-refractivity contribution in [2.24, 2.45) is 17.5 Å². The van der Waals surface area contributed by atoms with Crippen LogP contribution in [0, 0.1) is 5.21 Å². The van der Waals surface area contributed by atoms with E-state index in [0.717, 1.165) is 0 Å². The molecular weight excluding hydrogens is 112 g/mol. The summed E-state index contributed by atoms with van der Waals surface area (Å²) >= 11 is 0. The molecule has 0 saturated heterocycles. The number of nitrogens with one attached hydrogen (secondary N) is 2. The lowest BCUT2D eigenvalue weighted by molar-refractivity contribution is -1.16. The molecule has 0 aliphatic carbocycles. The van der Waals surface area contributed by atoms with Crippen molar-refractivity contribution in [2.75, 3.05) is 7.05 Å². The van der Waals surface area contributed by atoms with Crippen LogP contribution in [0.1, 0.15) is 0 Å². The van der Waals surface area contributed by atoms with E-state index >= 15 is 0 Å². The van der Waals surface area contributed by atoms with Crippen LogP contribution in [0.15, 0.2) is 0 Å². The molecule has 0 spiro atoms. The molecule has 0 fully saturated rings. The molecule has 0 heterocycles. The third-order valence-electron chi connectivity index (χ3n) is 0.351. The van der Waals surface area contributed by atoms with Crippen LogP contribution in [0.4, 0.5) is 0 Å². The summed E-state index contributed by atoms with van der Waals surface area (Å²) in [7, 11) is 1.26. The van der Waals surface area contributed by atoms with Gasteiger partial charge >= 0.3 is 0 Å². The third kappa shape index (κ3) is 5.72. The van der Waals surface area contributed by atoms with E-state index in [0.29, 0.717) is 0 Å². The number of hydrogen-bond acceptors (Lipinski definition) is 5. The second-order valence-electron chi connectivity index (χ2n) is 1.50. The Bertz CT molecular complexity index is 63.4. The highest BCUT2D eigenvalue weighted by molar-refractivity contribution is 3.86. The minimum atomic E-state index is -1.02. The van der Waals surface area contributed by atoms with Gasteiger partial charge in [0.1, 0.15) is 0 Å². The number of rotatable bonds is 2. The highest BCUT2D eigenvalue weighted by atomic mass is 16.6. The maximum Gasteiger partial charge on any atom is 0.0881 e. The number of hydroxylamine groups is 1. The highest BCUT2D eigenvalue weighted by Crippen LogP contribution is 1.46. The van der Waals surface area contributed by atoms with Crippen LogP contribution in [-0.2, 0) is 0 Å².